The van der Waals surface area contributed by atoms with Crippen LogP contribution in [0.5, 0.6) is 0 Å². The number of likely N-dealkylation sites (tertiary alicyclic amines) is 1. The van der Waals surface area contributed by atoms with Gasteiger partial charge in [0.25, 0.3) is 0 Å². The zero-order valence-corrected chi connectivity index (χ0v) is 15.2. The van der Waals surface area contributed by atoms with Crippen molar-refractivity contribution >= 4 is 5.91 Å². The molecule has 3 rings (SSSR count). The van der Waals surface area contributed by atoms with Crippen molar-refractivity contribution in [2.45, 2.75) is 32.4 Å². The number of aromatic nitrogens is 1. The molecule has 1 aromatic heterocycles. The third-order valence-electron chi connectivity index (χ3n) is 5.19. The molecule has 6 heteroatoms. The van der Waals surface area contributed by atoms with E-state index >= 15 is 0 Å². The van der Waals surface area contributed by atoms with E-state index in [0.29, 0.717) is 12.5 Å². The number of aliphatic hydroxyl groups is 1. The van der Waals surface area contributed by atoms with Crippen LogP contribution in [0, 0.1) is 5.92 Å². The van der Waals surface area contributed by atoms with Crippen molar-refractivity contribution in [2.75, 3.05) is 45.8 Å². The Balaban J connectivity index is 1.49. The van der Waals surface area contributed by atoms with Crippen molar-refractivity contribution < 1.29 is 9.90 Å². The van der Waals surface area contributed by atoms with Crippen LogP contribution in [0.4, 0.5) is 0 Å². The number of carbonyl (C=O) groups excluding carboxylic acids is 1. The second-order valence-electron chi connectivity index (χ2n) is 7.41. The third-order valence-corrected chi connectivity index (χ3v) is 5.19. The van der Waals surface area contributed by atoms with Crippen LogP contribution >= 0.6 is 0 Å². The molecule has 2 aliphatic heterocycles. The zero-order chi connectivity index (χ0) is 17.6. The fraction of sp³-hybridized carbons (Fsp3) is 0.684. The predicted octanol–water partition coefficient (Wildman–Crippen LogP) is 0.819. The van der Waals surface area contributed by atoms with Crippen molar-refractivity contribution in [3.05, 3.63) is 30.1 Å². The Bertz CT molecular complexity index is 544. The molecule has 1 N–H and O–H groups in total. The van der Waals surface area contributed by atoms with Gasteiger partial charge in [-0.1, -0.05) is 6.07 Å². The molecule has 0 aliphatic carbocycles. The van der Waals surface area contributed by atoms with Gasteiger partial charge >= 0.3 is 0 Å². The van der Waals surface area contributed by atoms with Gasteiger partial charge in [0.1, 0.15) is 0 Å². The summed E-state index contributed by atoms with van der Waals surface area (Å²) in [5.41, 5.74) is 1.21. The Labute approximate surface area is 150 Å². The maximum atomic E-state index is 12.9. The lowest BCUT2D eigenvalue weighted by atomic mass is 9.96. The molecule has 1 amide bonds. The fourth-order valence-electron chi connectivity index (χ4n) is 3.93. The lowest BCUT2D eigenvalue weighted by molar-refractivity contribution is -0.139. The quantitative estimate of drug-likeness (QED) is 0.855. The SMILES string of the molecule is C[C@@H](O)CN1CCN(C(=O)[C@H]2CCCN(Cc3cccnc3)C2)CC1. The van der Waals surface area contributed by atoms with Crippen LogP contribution in [-0.2, 0) is 11.3 Å². The summed E-state index contributed by atoms with van der Waals surface area (Å²) >= 11 is 0. The Kier molecular flexibility index (Phi) is 6.39. The monoisotopic (exact) mass is 346 g/mol. The normalized spacial score (nSPS) is 24.2. The minimum Gasteiger partial charge on any atom is -0.392 e. The van der Waals surface area contributed by atoms with Gasteiger partial charge in [-0.25, -0.2) is 0 Å². The number of carbonyl (C=O) groups is 1. The van der Waals surface area contributed by atoms with Gasteiger partial charge in [0.15, 0.2) is 0 Å². The summed E-state index contributed by atoms with van der Waals surface area (Å²) in [6, 6.07) is 4.06. The van der Waals surface area contributed by atoms with Crippen LogP contribution in [0.1, 0.15) is 25.3 Å². The Hall–Kier alpha value is -1.50. The highest BCUT2D eigenvalue weighted by molar-refractivity contribution is 5.79. The molecule has 0 unspecified atom stereocenters. The molecular weight excluding hydrogens is 316 g/mol. The van der Waals surface area contributed by atoms with Gasteiger partial charge in [0, 0.05) is 58.2 Å². The number of aliphatic hydroxyl groups excluding tert-OH is 1. The molecule has 2 saturated heterocycles. The molecule has 1 aromatic rings. The van der Waals surface area contributed by atoms with E-state index in [9.17, 15) is 9.90 Å². The number of rotatable bonds is 5. The number of amides is 1. The van der Waals surface area contributed by atoms with E-state index in [1.165, 1.54) is 5.56 Å². The van der Waals surface area contributed by atoms with Gasteiger partial charge in [-0.05, 0) is 37.9 Å². The molecular formula is C19H30N4O2. The summed E-state index contributed by atoms with van der Waals surface area (Å²) in [6.07, 6.45) is 5.48. The van der Waals surface area contributed by atoms with E-state index in [-0.39, 0.29) is 12.0 Å². The topological polar surface area (TPSA) is 59.9 Å². The number of piperidine rings is 1. The summed E-state index contributed by atoms with van der Waals surface area (Å²) in [5.74, 6) is 0.432. The number of nitrogens with zero attached hydrogens (tertiary/aromatic N) is 4. The van der Waals surface area contributed by atoms with Crippen LogP contribution in [0.3, 0.4) is 0 Å². The minimum absolute atomic E-state index is 0.119. The van der Waals surface area contributed by atoms with Crippen molar-refractivity contribution in [2.24, 2.45) is 5.92 Å². The number of hydrogen-bond donors (Lipinski definition) is 1. The maximum Gasteiger partial charge on any atom is 0.227 e. The summed E-state index contributed by atoms with van der Waals surface area (Å²) in [4.78, 5) is 23.7. The zero-order valence-electron chi connectivity index (χ0n) is 15.2. The second-order valence-corrected chi connectivity index (χ2v) is 7.41. The van der Waals surface area contributed by atoms with E-state index in [2.05, 4.69) is 20.9 Å². The van der Waals surface area contributed by atoms with Crippen molar-refractivity contribution in [3.63, 3.8) is 0 Å². The molecule has 0 saturated carbocycles. The van der Waals surface area contributed by atoms with Crippen LogP contribution in [-0.4, -0.2) is 82.6 Å². The lowest BCUT2D eigenvalue weighted by Gasteiger charge is -2.39. The predicted molar refractivity (Wildman–Crippen MR) is 96.9 cm³/mol. The first kappa shape index (κ1) is 18.3. The van der Waals surface area contributed by atoms with Gasteiger partial charge in [0.05, 0.1) is 12.0 Å². The van der Waals surface area contributed by atoms with Crippen molar-refractivity contribution in [1.29, 1.82) is 0 Å². The highest BCUT2D eigenvalue weighted by Crippen LogP contribution is 2.21. The van der Waals surface area contributed by atoms with E-state index in [1.807, 2.05) is 24.1 Å². The van der Waals surface area contributed by atoms with E-state index < -0.39 is 0 Å². The summed E-state index contributed by atoms with van der Waals surface area (Å²) in [5, 5.41) is 9.50. The molecule has 0 bridgehead atoms. The average molecular weight is 346 g/mol. The second kappa shape index (κ2) is 8.74. The Morgan fingerprint density at radius 2 is 2.08 bits per heavy atom. The van der Waals surface area contributed by atoms with Gasteiger partial charge in [-0.3, -0.25) is 19.6 Å². The van der Waals surface area contributed by atoms with Crippen LogP contribution in [0.15, 0.2) is 24.5 Å². The van der Waals surface area contributed by atoms with Crippen molar-refractivity contribution in [1.82, 2.24) is 19.7 Å². The molecule has 6 nitrogen and oxygen atoms in total. The smallest absolute Gasteiger partial charge is 0.227 e. The fourth-order valence-corrected chi connectivity index (χ4v) is 3.93. The van der Waals surface area contributed by atoms with E-state index in [0.717, 1.165) is 58.7 Å². The standard InChI is InChI=1S/C19H30N4O2/c1-16(24)13-21-8-10-23(11-9-21)19(25)18-5-3-7-22(15-18)14-17-4-2-6-20-12-17/h2,4,6,12,16,18,24H,3,5,7-11,13-15H2,1H3/t16-,18+/m1/s1. The molecule has 2 atom stereocenters. The van der Waals surface area contributed by atoms with Crippen molar-refractivity contribution in [3.8, 4) is 0 Å². The third kappa shape index (κ3) is 5.23. The van der Waals surface area contributed by atoms with Crippen LogP contribution in [0.2, 0.25) is 0 Å². The van der Waals surface area contributed by atoms with Gasteiger partial charge in [-0.15, -0.1) is 0 Å². The van der Waals surface area contributed by atoms with Gasteiger partial charge in [0.2, 0.25) is 5.91 Å². The van der Waals surface area contributed by atoms with Crippen LogP contribution in [0.25, 0.3) is 0 Å². The number of β-amino-alcohol motifs (C(OH)–C–C–N with tert-alkyl or cyclic N) is 1. The van der Waals surface area contributed by atoms with Crippen LogP contribution < -0.4 is 0 Å². The first-order valence-corrected chi connectivity index (χ1v) is 9.42. The maximum absolute atomic E-state index is 12.9. The molecule has 0 spiro atoms. The lowest BCUT2D eigenvalue weighted by Crippen LogP contribution is -2.53. The minimum atomic E-state index is -0.304. The molecule has 0 radical (unpaired) electrons. The first-order valence-electron chi connectivity index (χ1n) is 9.42. The molecule has 138 valence electrons. The molecule has 3 heterocycles. The molecule has 25 heavy (non-hydrogen) atoms. The highest BCUT2D eigenvalue weighted by atomic mass is 16.3. The first-order chi connectivity index (χ1) is 12.1. The van der Waals surface area contributed by atoms with Gasteiger partial charge < -0.3 is 10.0 Å². The largest absolute Gasteiger partial charge is 0.392 e. The summed E-state index contributed by atoms with van der Waals surface area (Å²) in [6.45, 7) is 8.59. The highest BCUT2D eigenvalue weighted by Gasteiger charge is 2.31. The Morgan fingerprint density at radius 3 is 2.76 bits per heavy atom. The molecule has 2 aliphatic rings. The van der Waals surface area contributed by atoms with E-state index in [1.54, 1.807) is 6.20 Å². The molecule has 2 fully saturated rings. The number of pyridine rings is 1. The van der Waals surface area contributed by atoms with E-state index in [4.69, 9.17) is 0 Å². The summed E-state index contributed by atoms with van der Waals surface area (Å²) < 4.78 is 0. The molecule has 0 aromatic carbocycles. The average Bonchev–Trinajstić information content (AvgIpc) is 2.62. The summed E-state index contributed by atoms with van der Waals surface area (Å²) in [7, 11) is 0. The Morgan fingerprint density at radius 1 is 1.28 bits per heavy atom. The number of piperazine rings is 1. The number of hydrogen-bond acceptors (Lipinski definition) is 5. The van der Waals surface area contributed by atoms with Gasteiger partial charge in [-0.2, -0.15) is 0 Å².